The maximum absolute atomic E-state index is 12.4. The average molecular weight is 253 g/mol. The fraction of sp³-hybridized carbons (Fsp3) is 0.846. The maximum Gasteiger partial charge on any atom is 0.240 e. The molecule has 2 amide bonds. The highest BCUT2D eigenvalue weighted by Crippen LogP contribution is 2.20. The molecule has 2 aliphatic heterocycles. The summed E-state index contributed by atoms with van der Waals surface area (Å²) in [7, 11) is 0. The number of carbonyl (C=O) groups excluding carboxylic acids is 2. The SMILES string of the molecule is CCC1CCNC(C(=O)N2CCCNC(=O)C2)C1. The standard InChI is InChI=1S/C13H23N3O2/c1-2-10-4-6-14-11(8-10)13(18)16-7-3-5-15-12(17)9-16/h10-11,14H,2-9H2,1H3,(H,15,17). The van der Waals surface area contributed by atoms with Crippen molar-refractivity contribution in [3.8, 4) is 0 Å². The average Bonchev–Trinajstić information content (AvgIpc) is 2.62. The fourth-order valence-electron chi connectivity index (χ4n) is 2.77. The number of rotatable bonds is 2. The second-order valence-corrected chi connectivity index (χ2v) is 5.27. The van der Waals surface area contributed by atoms with Crippen LogP contribution in [-0.4, -0.2) is 48.9 Å². The summed E-state index contributed by atoms with van der Waals surface area (Å²) in [5.41, 5.74) is 0. The Bertz CT molecular complexity index is 319. The van der Waals surface area contributed by atoms with Gasteiger partial charge in [-0.25, -0.2) is 0 Å². The van der Waals surface area contributed by atoms with Crippen LogP contribution >= 0.6 is 0 Å². The maximum atomic E-state index is 12.4. The molecule has 0 aromatic rings. The summed E-state index contributed by atoms with van der Waals surface area (Å²) in [6.45, 7) is 4.67. The van der Waals surface area contributed by atoms with Gasteiger partial charge >= 0.3 is 0 Å². The summed E-state index contributed by atoms with van der Waals surface area (Å²) in [4.78, 5) is 25.6. The van der Waals surface area contributed by atoms with Gasteiger partial charge in [0, 0.05) is 13.1 Å². The molecule has 0 saturated carbocycles. The summed E-state index contributed by atoms with van der Waals surface area (Å²) < 4.78 is 0. The number of amides is 2. The summed E-state index contributed by atoms with van der Waals surface area (Å²) in [6, 6.07) is -0.0883. The quantitative estimate of drug-likeness (QED) is 0.734. The third-order valence-corrected chi connectivity index (χ3v) is 3.96. The highest BCUT2D eigenvalue weighted by molar-refractivity contribution is 5.87. The van der Waals surface area contributed by atoms with Gasteiger partial charge in [-0.3, -0.25) is 9.59 Å². The first kappa shape index (κ1) is 13.3. The van der Waals surface area contributed by atoms with Gasteiger partial charge in [-0.05, 0) is 31.7 Å². The van der Waals surface area contributed by atoms with E-state index in [9.17, 15) is 9.59 Å². The highest BCUT2D eigenvalue weighted by Gasteiger charge is 2.30. The Kier molecular flexibility index (Phi) is 4.58. The molecular weight excluding hydrogens is 230 g/mol. The molecule has 0 aromatic heterocycles. The fourth-order valence-corrected chi connectivity index (χ4v) is 2.77. The topological polar surface area (TPSA) is 61.4 Å². The Hall–Kier alpha value is -1.10. The van der Waals surface area contributed by atoms with Crippen molar-refractivity contribution >= 4 is 11.8 Å². The minimum absolute atomic E-state index is 0.0382. The molecular formula is C13H23N3O2. The van der Waals surface area contributed by atoms with Crippen LogP contribution in [0.4, 0.5) is 0 Å². The van der Waals surface area contributed by atoms with E-state index in [1.54, 1.807) is 4.90 Å². The van der Waals surface area contributed by atoms with Crippen molar-refractivity contribution < 1.29 is 9.59 Å². The molecule has 5 nitrogen and oxygen atoms in total. The van der Waals surface area contributed by atoms with Crippen LogP contribution in [0.5, 0.6) is 0 Å². The van der Waals surface area contributed by atoms with Crippen LogP contribution in [-0.2, 0) is 9.59 Å². The smallest absolute Gasteiger partial charge is 0.240 e. The molecule has 5 heteroatoms. The molecule has 102 valence electrons. The Morgan fingerprint density at radius 2 is 2.28 bits per heavy atom. The van der Waals surface area contributed by atoms with Crippen LogP contribution in [0.1, 0.15) is 32.6 Å². The zero-order valence-electron chi connectivity index (χ0n) is 11.1. The van der Waals surface area contributed by atoms with Crippen molar-refractivity contribution in [2.24, 2.45) is 5.92 Å². The summed E-state index contributed by atoms with van der Waals surface area (Å²) in [5, 5.41) is 6.09. The van der Waals surface area contributed by atoms with E-state index in [2.05, 4.69) is 17.6 Å². The molecule has 0 aliphatic carbocycles. The summed E-state index contributed by atoms with van der Waals surface area (Å²) in [5.74, 6) is 0.704. The van der Waals surface area contributed by atoms with Gasteiger partial charge < -0.3 is 15.5 Å². The van der Waals surface area contributed by atoms with E-state index in [1.165, 1.54) is 0 Å². The number of hydrogen-bond acceptors (Lipinski definition) is 3. The molecule has 0 radical (unpaired) electrons. The Labute approximate surface area is 108 Å². The van der Waals surface area contributed by atoms with Gasteiger partial charge in [0.15, 0.2) is 0 Å². The van der Waals surface area contributed by atoms with Gasteiger partial charge in [0.05, 0.1) is 12.6 Å². The lowest BCUT2D eigenvalue weighted by Gasteiger charge is -2.32. The summed E-state index contributed by atoms with van der Waals surface area (Å²) >= 11 is 0. The second-order valence-electron chi connectivity index (χ2n) is 5.27. The number of hydrogen-bond donors (Lipinski definition) is 2. The number of nitrogens with zero attached hydrogens (tertiary/aromatic N) is 1. The highest BCUT2D eigenvalue weighted by atomic mass is 16.2. The number of carbonyl (C=O) groups is 2. The van der Waals surface area contributed by atoms with Crippen molar-refractivity contribution in [2.45, 2.75) is 38.6 Å². The van der Waals surface area contributed by atoms with Crippen LogP contribution < -0.4 is 10.6 Å². The van der Waals surface area contributed by atoms with E-state index in [0.717, 1.165) is 32.2 Å². The first-order chi connectivity index (χ1) is 8.70. The Morgan fingerprint density at radius 1 is 1.44 bits per heavy atom. The lowest BCUT2D eigenvalue weighted by molar-refractivity contribution is -0.137. The van der Waals surface area contributed by atoms with E-state index in [0.29, 0.717) is 19.0 Å². The van der Waals surface area contributed by atoms with Crippen molar-refractivity contribution in [3.63, 3.8) is 0 Å². The van der Waals surface area contributed by atoms with Gasteiger partial charge in [-0.15, -0.1) is 0 Å². The predicted octanol–water partition coefficient (Wildman–Crippen LogP) is 0.113. The Balaban J connectivity index is 1.94. The molecule has 2 rings (SSSR count). The van der Waals surface area contributed by atoms with Gasteiger partial charge in [0.2, 0.25) is 11.8 Å². The Morgan fingerprint density at radius 3 is 3.06 bits per heavy atom. The molecule has 0 spiro atoms. The summed E-state index contributed by atoms with van der Waals surface area (Å²) in [6.07, 6.45) is 4.04. The predicted molar refractivity (Wildman–Crippen MR) is 69.0 cm³/mol. The van der Waals surface area contributed by atoms with E-state index >= 15 is 0 Å². The third-order valence-electron chi connectivity index (χ3n) is 3.96. The second kappa shape index (κ2) is 6.18. The van der Waals surface area contributed by atoms with Crippen LogP contribution in [0.2, 0.25) is 0 Å². The molecule has 18 heavy (non-hydrogen) atoms. The molecule has 2 fully saturated rings. The van der Waals surface area contributed by atoms with Crippen LogP contribution in [0.25, 0.3) is 0 Å². The zero-order chi connectivity index (χ0) is 13.0. The number of piperidine rings is 1. The lowest BCUT2D eigenvalue weighted by Crippen LogP contribution is -2.51. The van der Waals surface area contributed by atoms with Crippen molar-refractivity contribution in [3.05, 3.63) is 0 Å². The molecule has 2 atom stereocenters. The van der Waals surface area contributed by atoms with Crippen molar-refractivity contribution in [1.29, 1.82) is 0 Å². The molecule has 2 heterocycles. The minimum atomic E-state index is -0.0883. The lowest BCUT2D eigenvalue weighted by atomic mass is 9.90. The third kappa shape index (κ3) is 3.22. The van der Waals surface area contributed by atoms with Crippen LogP contribution in [0.3, 0.4) is 0 Å². The van der Waals surface area contributed by atoms with Crippen molar-refractivity contribution in [1.82, 2.24) is 15.5 Å². The zero-order valence-corrected chi connectivity index (χ0v) is 11.1. The molecule has 0 aromatic carbocycles. The molecule has 2 saturated heterocycles. The van der Waals surface area contributed by atoms with E-state index < -0.39 is 0 Å². The monoisotopic (exact) mass is 253 g/mol. The molecule has 2 unspecified atom stereocenters. The molecule has 0 bridgehead atoms. The van der Waals surface area contributed by atoms with Gasteiger partial charge in [-0.1, -0.05) is 13.3 Å². The number of nitrogens with one attached hydrogen (secondary N) is 2. The molecule has 2 aliphatic rings. The van der Waals surface area contributed by atoms with Gasteiger partial charge in [-0.2, -0.15) is 0 Å². The van der Waals surface area contributed by atoms with E-state index in [-0.39, 0.29) is 24.4 Å². The van der Waals surface area contributed by atoms with Gasteiger partial charge in [0.1, 0.15) is 0 Å². The first-order valence-corrected chi connectivity index (χ1v) is 6.99. The van der Waals surface area contributed by atoms with E-state index in [1.807, 2.05) is 0 Å². The van der Waals surface area contributed by atoms with Gasteiger partial charge in [0.25, 0.3) is 0 Å². The van der Waals surface area contributed by atoms with Crippen LogP contribution in [0.15, 0.2) is 0 Å². The van der Waals surface area contributed by atoms with E-state index in [4.69, 9.17) is 0 Å². The minimum Gasteiger partial charge on any atom is -0.354 e. The molecule has 2 N–H and O–H groups in total. The van der Waals surface area contributed by atoms with Crippen LogP contribution in [0, 0.1) is 5.92 Å². The normalized spacial score (nSPS) is 29.6. The first-order valence-electron chi connectivity index (χ1n) is 6.99. The van der Waals surface area contributed by atoms with Crippen molar-refractivity contribution in [2.75, 3.05) is 26.2 Å². The largest absolute Gasteiger partial charge is 0.354 e.